The van der Waals surface area contributed by atoms with Crippen molar-refractivity contribution in [2.45, 2.75) is 46.0 Å². The van der Waals surface area contributed by atoms with Gasteiger partial charge in [-0.15, -0.1) is 0 Å². The van der Waals surface area contributed by atoms with Crippen molar-refractivity contribution in [2.75, 3.05) is 4.90 Å². The van der Waals surface area contributed by atoms with Crippen molar-refractivity contribution >= 4 is 40.6 Å². The Bertz CT molecular complexity index is 1040. The molecule has 1 unspecified atom stereocenters. The van der Waals surface area contributed by atoms with Gasteiger partial charge in [-0.25, -0.2) is 0 Å². The lowest BCUT2D eigenvalue weighted by Gasteiger charge is -2.43. The number of Topliss-reactive ketones (excluding diaryl/α,β-unsaturated/α-hetero) is 1. The molecule has 29 heavy (non-hydrogen) atoms. The highest BCUT2D eigenvalue weighted by Crippen LogP contribution is 2.48. The summed E-state index contributed by atoms with van der Waals surface area (Å²) in [5.41, 5.74) is 4.17. The molecule has 1 atom stereocenters. The van der Waals surface area contributed by atoms with Gasteiger partial charge >= 0.3 is 0 Å². The smallest absolute Gasteiger partial charge is 0.232 e. The molecule has 1 aliphatic carbocycles. The maximum atomic E-state index is 13.3. The van der Waals surface area contributed by atoms with Gasteiger partial charge in [0.15, 0.2) is 5.78 Å². The molecule has 1 heterocycles. The van der Waals surface area contributed by atoms with Gasteiger partial charge in [-0.1, -0.05) is 66.9 Å². The van der Waals surface area contributed by atoms with E-state index in [1.165, 1.54) is 0 Å². The zero-order valence-corrected chi connectivity index (χ0v) is 18.3. The Kier molecular flexibility index (Phi) is 5.08. The van der Waals surface area contributed by atoms with E-state index >= 15 is 0 Å². The highest BCUT2D eigenvalue weighted by Gasteiger charge is 2.44. The minimum Gasteiger partial charge on any atom is -0.294 e. The topological polar surface area (TPSA) is 37.4 Å². The number of nitrogens with zero attached hydrogens (tertiary/aromatic N) is 1. The lowest BCUT2D eigenvalue weighted by Crippen LogP contribution is -2.43. The number of anilines is 1. The van der Waals surface area contributed by atoms with E-state index in [0.29, 0.717) is 28.6 Å². The second-order valence-electron chi connectivity index (χ2n) is 8.80. The van der Waals surface area contributed by atoms with Gasteiger partial charge in [0.05, 0.1) is 15.7 Å². The maximum Gasteiger partial charge on any atom is 0.232 e. The number of hydrogen-bond donors (Lipinski definition) is 0. The second kappa shape index (κ2) is 7.30. The number of ketones is 1. The van der Waals surface area contributed by atoms with Crippen LogP contribution in [0.5, 0.6) is 0 Å². The largest absolute Gasteiger partial charge is 0.294 e. The van der Waals surface area contributed by atoms with E-state index in [4.69, 9.17) is 23.2 Å². The van der Waals surface area contributed by atoms with E-state index in [2.05, 4.69) is 13.8 Å². The molecule has 4 rings (SSSR count). The molecular formula is C24H23Cl2NO2. The first-order valence-electron chi connectivity index (χ1n) is 9.77. The molecule has 1 aliphatic heterocycles. The van der Waals surface area contributed by atoms with Crippen molar-refractivity contribution in [1.29, 1.82) is 0 Å². The van der Waals surface area contributed by atoms with Gasteiger partial charge in [-0.3, -0.25) is 14.5 Å². The number of amides is 1. The van der Waals surface area contributed by atoms with E-state index in [9.17, 15) is 9.59 Å². The van der Waals surface area contributed by atoms with Crippen LogP contribution in [0.3, 0.4) is 0 Å². The number of halogens is 2. The van der Waals surface area contributed by atoms with Crippen molar-refractivity contribution in [3.63, 3.8) is 0 Å². The third kappa shape index (κ3) is 3.74. The number of carbonyl (C=O) groups excluding carboxylic acids is 2. The normalized spacial score (nSPS) is 21.4. The number of hydrogen-bond acceptors (Lipinski definition) is 2. The summed E-state index contributed by atoms with van der Waals surface area (Å²) in [6.45, 7) is 6.17. The van der Waals surface area contributed by atoms with Crippen molar-refractivity contribution in [3.05, 3.63) is 74.9 Å². The molecule has 2 aliphatic rings. The van der Waals surface area contributed by atoms with Crippen LogP contribution < -0.4 is 4.90 Å². The predicted molar refractivity (Wildman–Crippen MR) is 118 cm³/mol. The van der Waals surface area contributed by atoms with Crippen LogP contribution in [0.4, 0.5) is 5.69 Å². The average molecular weight is 428 g/mol. The quantitative estimate of drug-likeness (QED) is 0.550. The molecule has 0 aromatic heterocycles. The number of benzene rings is 2. The Morgan fingerprint density at radius 1 is 0.966 bits per heavy atom. The van der Waals surface area contributed by atoms with E-state index in [1.54, 1.807) is 23.1 Å². The highest BCUT2D eigenvalue weighted by molar-refractivity contribution is 6.42. The highest BCUT2D eigenvalue weighted by atomic mass is 35.5. The van der Waals surface area contributed by atoms with E-state index in [-0.39, 0.29) is 29.4 Å². The Balaban J connectivity index is 1.89. The molecule has 0 spiro atoms. The molecule has 0 saturated heterocycles. The van der Waals surface area contributed by atoms with Crippen LogP contribution in [0, 0.1) is 12.3 Å². The molecule has 0 bridgehead atoms. The summed E-state index contributed by atoms with van der Waals surface area (Å²) in [5, 5.41) is 0.827. The number of allylic oxidation sites excluding steroid dienone is 2. The molecule has 150 valence electrons. The Hall–Kier alpha value is -2.10. The number of aryl methyl sites for hydroxylation is 1. The summed E-state index contributed by atoms with van der Waals surface area (Å²) in [6, 6.07) is 13.3. The molecule has 0 N–H and O–H groups in total. The van der Waals surface area contributed by atoms with Gasteiger partial charge < -0.3 is 0 Å². The summed E-state index contributed by atoms with van der Waals surface area (Å²) >= 11 is 12.3. The summed E-state index contributed by atoms with van der Waals surface area (Å²) < 4.78 is 0. The molecule has 1 amide bonds. The lowest BCUT2D eigenvalue weighted by molar-refractivity contribution is -0.121. The van der Waals surface area contributed by atoms with Gasteiger partial charge in [0.1, 0.15) is 0 Å². The fourth-order valence-electron chi connectivity index (χ4n) is 4.42. The van der Waals surface area contributed by atoms with Crippen LogP contribution in [-0.4, -0.2) is 11.7 Å². The van der Waals surface area contributed by atoms with Crippen LogP contribution in [-0.2, 0) is 9.59 Å². The van der Waals surface area contributed by atoms with Crippen molar-refractivity contribution < 1.29 is 9.59 Å². The minimum atomic E-state index is -0.208. The van der Waals surface area contributed by atoms with Crippen LogP contribution in [0.25, 0.3) is 0 Å². The third-order valence-corrected chi connectivity index (χ3v) is 6.52. The monoisotopic (exact) mass is 427 g/mol. The molecule has 2 aromatic carbocycles. The van der Waals surface area contributed by atoms with Crippen LogP contribution in [0.2, 0.25) is 10.0 Å². The summed E-state index contributed by atoms with van der Waals surface area (Å²) in [4.78, 5) is 28.3. The van der Waals surface area contributed by atoms with E-state index in [1.807, 2.05) is 31.2 Å². The van der Waals surface area contributed by atoms with E-state index in [0.717, 1.165) is 22.4 Å². The first-order chi connectivity index (χ1) is 13.7. The van der Waals surface area contributed by atoms with E-state index < -0.39 is 0 Å². The van der Waals surface area contributed by atoms with Crippen LogP contribution in [0.1, 0.15) is 50.2 Å². The Morgan fingerprint density at radius 2 is 1.66 bits per heavy atom. The van der Waals surface area contributed by atoms with Crippen molar-refractivity contribution in [2.24, 2.45) is 5.41 Å². The van der Waals surface area contributed by atoms with Crippen LogP contribution >= 0.6 is 23.2 Å². The zero-order valence-electron chi connectivity index (χ0n) is 16.8. The summed E-state index contributed by atoms with van der Waals surface area (Å²) in [5.74, 6) is -0.113. The standard InChI is InChI=1S/C24H23Cl2NO2/c1-14-4-6-15(7-5-14)17-11-22(29)27(16-8-9-18(25)19(26)10-16)20-12-24(2,3)13-21(28)23(17)20/h4-10,17H,11-13H2,1-3H3. The number of rotatable bonds is 2. The minimum absolute atomic E-state index is 0.0294. The molecular weight excluding hydrogens is 405 g/mol. The molecule has 3 nitrogen and oxygen atoms in total. The average Bonchev–Trinajstić information content (AvgIpc) is 2.63. The summed E-state index contributed by atoms with van der Waals surface area (Å²) in [7, 11) is 0. The SMILES string of the molecule is Cc1ccc(C2CC(=O)N(c3ccc(Cl)c(Cl)c3)C3=C2C(=O)CC(C)(C)C3)cc1. The van der Waals surface area contributed by atoms with Crippen molar-refractivity contribution in [3.8, 4) is 0 Å². The second-order valence-corrected chi connectivity index (χ2v) is 9.61. The Morgan fingerprint density at radius 3 is 2.31 bits per heavy atom. The molecule has 2 aromatic rings. The Labute approximate surface area is 181 Å². The zero-order chi connectivity index (χ0) is 20.9. The third-order valence-electron chi connectivity index (χ3n) is 5.78. The fourth-order valence-corrected chi connectivity index (χ4v) is 4.71. The van der Waals surface area contributed by atoms with Gasteiger partial charge in [0.2, 0.25) is 5.91 Å². The van der Waals surface area contributed by atoms with Gasteiger partial charge in [0, 0.05) is 30.0 Å². The van der Waals surface area contributed by atoms with Crippen LogP contribution in [0.15, 0.2) is 53.7 Å². The fraction of sp³-hybridized carbons (Fsp3) is 0.333. The maximum absolute atomic E-state index is 13.3. The summed E-state index contributed by atoms with van der Waals surface area (Å²) in [6.07, 6.45) is 1.40. The lowest BCUT2D eigenvalue weighted by atomic mass is 9.69. The number of carbonyl (C=O) groups is 2. The molecule has 0 radical (unpaired) electrons. The molecule has 0 fully saturated rings. The van der Waals surface area contributed by atoms with Gasteiger partial charge in [-0.2, -0.15) is 0 Å². The van der Waals surface area contributed by atoms with Crippen molar-refractivity contribution in [1.82, 2.24) is 0 Å². The molecule has 0 saturated carbocycles. The van der Waals surface area contributed by atoms with Gasteiger partial charge in [-0.05, 0) is 42.5 Å². The first kappa shape index (κ1) is 20.2. The first-order valence-corrected chi connectivity index (χ1v) is 10.5. The molecule has 5 heteroatoms. The van der Waals surface area contributed by atoms with Gasteiger partial charge in [0.25, 0.3) is 0 Å². The predicted octanol–water partition coefficient (Wildman–Crippen LogP) is 6.47.